The number of aliphatic hydroxyl groups is 1. The minimum Gasteiger partial charge on any atom is -0.396 e. The summed E-state index contributed by atoms with van der Waals surface area (Å²) in [4.78, 5) is 15.7. The molecule has 1 amide bonds. The van der Waals surface area contributed by atoms with Gasteiger partial charge in [-0.15, -0.1) is 0 Å². The van der Waals surface area contributed by atoms with Crippen LogP contribution in [0.15, 0.2) is 89.9 Å². The van der Waals surface area contributed by atoms with Crippen molar-refractivity contribution in [3.8, 4) is 5.69 Å². The molecule has 0 spiro atoms. The van der Waals surface area contributed by atoms with Crippen molar-refractivity contribution in [2.24, 2.45) is 5.92 Å². The first-order chi connectivity index (χ1) is 17.9. The summed E-state index contributed by atoms with van der Waals surface area (Å²) >= 11 is 0. The third-order valence-electron chi connectivity index (χ3n) is 6.63. The monoisotopic (exact) mass is 501 g/mol. The molecule has 0 bridgehead atoms. The maximum Gasteiger partial charge on any atom is 0.231 e. The first kappa shape index (κ1) is 27.9. The number of nitrogens with zero attached hydrogens (tertiary/aromatic N) is 3. The van der Waals surface area contributed by atoms with Crippen LogP contribution < -0.4 is 5.32 Å². The minimum absolute atomic E-state index is 0.0237. The van der Waals surface area contributed by atoms with Gasteiger partial charge in [-0.1, -0.05) is 49.4 Å². The van der Waals surface area contributed by atoms with E-state index in [1.165, 1.54) is 0 Å². The number of benzene rings is 1. The second kappa shape index (κ2) is 13.6. The molecule has 37 heavy (non-hydrogen) atoms. The second-order valence-corrected chi connectivity index (χ2v) is 9.12. The van der Waals surface area contributed by atoms with Crippen molar-refractivity contribution < 1.29 is 9.90 Å². The van der Waals surface area contributed by atoms with Crippen molar-refractivity contribution in [1.82, 2.24) is 20.0 Å². The van der Waals surface area contributed by atoms with Crippen molar-refractivity contribution in [3.63, 3.8) is 0 Å². The fraction of sp³-hybridized carbons (Fsp3) is 0.367. The molecule has 2 unspecified atom stereocenters. The van der Waals surface area contributed by atoms with Crippen molar-refractivity contribution >= 4 is 11.6 Å². The third-order valence-corrected chi connectivity index (χ3v) is 6.63. The van der Waals surface area contributed by atoms with E-state index in [2.05, 4.69) is 27.4 Å². The number of carbonyl (C=O) groups is 1. The summed E-state index contributed by atoms with van der Waals surface area (Å²) in [5.41, 5.74) is 5.19. The molecule has 3 rings (SSSR count). The minimum atomic E-state index is -0.609. The summed E-state index contributed by atoms with van der Waals surface area (Å²) in [5, 5.41) is 25.7. The fourth-order valence-electron chi connectivity index (χ4n) is 4.71. The van der Waals surface area contributed by atoms with Crippen LogP contribution >= 0.6 is 0 Å². The number of piperidine rings is 1. The third kappa shape index (κ3) is 6.74. The van der Waals surface area contributed by atoms with Crippen LogP contribution in [0.3, 0.4) is 0 Å². The second-order valence-electron chi connectivity index (χ2n) is 9.12. The lowest BCUT2D eigenvalue weighted by Crippen LogP contribution is -2.53. The molecular formula is C30H39N5O2. The summed E-state index contributed by atoms with van der Waals surface area (Å²) in [6.07, 6.45) is 14.8. The Morgan fingerprint density at radius 2 is 2.00 bits per heavy atom. The van der Waals surface area contributed by atoms with Crippen LogP contribution in [0.25, 0.3) is 5.69 Å². The molecule has 0 radical (unpaired) electrons. The fourth-order valence-corrected chi connectivity index (χ4v) is 4.71. The van der Waals surface area contributed by atoms with E-state index in [1.54, 1.807) is 6.20 Å². The molecule has 2 atom stereocenters. The topological polar surface area (TPSA) is 94.2 Å². The van der Waals surface area contributed by atoms with Crippen LogP contribution in [-0.4, -0.2) is 50.6 Å². The summed E-state index contributed by atoms with van der Waals surface area (Å²) in [6, 6.07) is 9.94. The molecule has 1 aliphatic heterocycles. The number of nitrogens with one attached hydrogen (secondary N) is 2. The van der Waals surface area contributed by atoms with Crippen LogP contribution in [0.1, 0.15) is 46.1 Å². The predicted molar refractivity (Wildman–Crippen MR) is 150 cm³/mol. The zero-order valence-corrected chi connectivity index (χ0v) is 22.3. The van der Waals surface area contributed by atoms with Crippen LogP contribution in [-0.2, 0) is 11.3 Å². The van der Waals surface area contributed by atoms with Crippen LogP contribution in [0, 0.1) is 11.3 Å². The van der Waals surface area contributed by atoms with E-state index in [4.69, 9.17) is 5.41 Å². The summed E-state index contributed by atoms with van der Waals surface area (Å²) in [6.45, 7) is 8.97. The molecule has 2 aromatic rings. The maximum absolute atomic E-state index is 13.5. The lowest BCUT2D eigenvalue weighted by molar-refractivity contribution is -0.124. The van der Waals surface area contributed by atoms with E-state index in [9.17, 15) is 9.90 Å². The van der Waals surface area contributed by atoms with Gasteiger partial charge in [0.15, 0.2) is 0 Å². The Morgan fingerprint density at radius 3 is 2.59 bits per heavy atom. The Kier molecular flexibility index (Phi) is 10.2. The van der Waals surface area contributed by atoms with E-state index in [-0.39, 0.29) is 18.6 Å². The molecule has 7 nitrogen and oxygen atoms in total. The van der Waals surface area contributed by atoms with Gasteiger partial charge in [-0.2, -0.15) is 5.10 Å². The molecule has 1 aromatic heterocycles. The molecule has 1 aromatic carbocycles. The first-order valence-corrected chi connectivity index (χ1v) is 13.0. The molecule has 1 fully saturated rings. The number of hydrogen-bond donors (Lipinski definition) is 3. The van der Waals surface area contributed by atoms with Gasteiger partial charge in [-0.05, 0) is 62.9 Å². The molecule has 1 saturated heterocycles. The average molecular weight is 502 g/mol. The van der Waals surface area contributed by atoms with Crippen LogP contribution in [0.2, 0.25) is 0 Å². The van der Waals surface area contributed by atoms with Crippen molar-refractivity contribution in [2.75, 3.05) is 13.2 Å². The number of carbonyl (C=O) groups excluding carboxylic acids is 1. The zero-order valence-electron chi connectivity index (χ0n) is 22.3. The molecule has 0 saturated carbocycles. The van der Waals surface area contributed by atoms with Gasteiger partial charge in [0.2, 0.25) is 5.91 Å². The number of amides is 1. The quantitative estimate of drug-likeness (QED) is 0.401. The lowest BCUT2D eigenvalue weighted by Gasteiger charge is -2.43. The molecule has 1 aliphatic rings. The summed E-state index contributed by atoms with van der Waals surface area (Å²) in [5.74, 6) is -0.778. The Balaban J connectivity index is 1.86. The van der Waals surface area contributed by atoms with Crippen molar-refractivity contribution in [2.45, 2.75) is 53.1 Å². The Hall–Kier alpha value is -3.71. The Labute approximate surface area is 220 Å². The number of aliphatic hydroxyl groups excluding tert-OH is 1. The van der Waals surface area contributed by atoms with Gasteiger partial charge in [0.25, 0.3) is 0 Å². The van der Waals surface area contributed by atoms with Gasteiger partial charge in [0.05, 0.1) is 11.4 Å². The number of likely N-dealkylation sites (tertiary alicyclic amines) is 1. The number of hydrogen-bond acceptors (Lipinski definition) is 5. The van der Waals surface area contributed by atoms with Crippen molar-refractivity contribution in [3.05, 3.63) is 95.5 Å². The van der Waals surface area contributed by atoms with Gasteiger partial charge in [-0.25, -0.2) is 4.68 Å². The predicted octanol–water partition coefficient (Wildman–Crippen LogP) is 4.95. The molecule has 0 aliphatic carbocycles. The molecular weight excluding hydrogens is 462 g/mol. The smallest absolute Gasteiger partial charge is 0.231 e. The lowest BCUT2D eigenvalue weighted by atomic mass is 9.81. The highest BCUT2D eigenvalue weighted by Crippen LogP contribution is 2.34. The van der Waals surface area contributed by atoms with Gasteiger partial charge in [0.1, 0.15) is 5.92 Å². The van der Waals surface area contributed by atoms with Gasteiger partial charge in [-0.3, -0.25) is 4.79 Å². The normalized spacial score (nSPS) is 20.8. The Bertz CT molecular complexity index is 1170. The molecule has 196 valence electrons. The SMILES string of the molecule is C/C=C\C=C(\CCO)CNC(=O)C1C(=N)C(=C/CC)/C(=C\C)N(Cc2ccc(-n3cccn3)cc2)C1C. The first-order valence-electron chi connectivity index (χ1n) is 13.0. The maximum atomic E-state index is 13.5. The number of allylic oxidation sites excluding steroid dienone is 6. The summed E-state index contributed by atoms with van der Waals surface area (Å²) < 4.78 is 1.82. The van der Waals surface area contributed by atoms with Crippen LogP contribution in [0.5, 0.6) is 0 Å². The van der Waals surface area contributed by atoms with E-state index in [1.807, 2.05) is 87.2 Å². The Morgan fingerprint density at radius 1 is 1.24 bits per heavy atom. The number of rotatable bonds is 10. The van der Waals surface area contributed by atoms with Crippen molar-refractivity contribution in [1.29, 1.82) is 5.41 Å². The van der Waals surface area contributed by atoms with Gasteiger partial charge < -0.3 is 20.7 Å². The largest absolute Gasteiger partial charge is 0.396 e. The van der Waals surface area contributed by atoms with Crippen LogP contribution in [0.4, 0.5) is 0 Å². The van der Waals surface area contributed by atoms with E-state index in [0.717, 1.165) is 34.5 Å². The molecule has 3 N–H and O–H groups in total. The van der Waals surface area contributed by atoms with E-state index in [0.29, 0.717) is 25.2 Å². The standard InChI is InChI=1S/C30H39N5O2/c1-5-8-11-23(16-19-36)20-32-30(37)28-22(4)34(27(7-3)26(10-6-2)29(28)31)21-24-12-14-25(15-13-24)35-18-9-17-33-35/h5,7-15,17-18,22,28,31,36H,6,16,19-21H2,1-4H3,(H,32,37)/b8-5-,23-11-,26-10+,27-7+,31-29?. The zero-order chi connectivity index (χ0) is 26.8. The van der Waals surface area contributed by atoms with Gasteiger partial charge >= 0.3 is 0 Å². The van der Waals surface area contributed by atoms with Gasteiger partial charge in [0, 0.05) is 49.4 Å². The molecule has 2 heterocycles. The highest BCUT2D eigenvalue weighted by Gasteiger charge is 2.41. The average Bonchev–Trinajstić information content (AvgIpc) is 3.44. The highest BCUT2D eigenvalue weighted by molar-refractivity contribution is 6.15. The van der Waals surface area contributed by atoms with E-state index < -0.39 is 5.92 Å². The summed E-state index contributed by atoms with van der Waals surface area (Å²) in [7, 11) is 0. The highest BCUT2D eigenvalue weighted by atomic mass is 16.3. The number of aromatic nitrogens is 2. The van der Waals surface area contributed by atoms with E-state index >= 15 is 0 Å². The molecule has 7 heteroatoms.